The number of ether oxygens (including phenoxy) is 1. The highest BCUT2D eigenvalue weighted by Gasteiger charge is 2.03. The first-order valence-corrected chi connectivity index (χ1v) is 6.64. The van der Waals surface area contributed by atoms with Gasteiger partial charge in [0, 0.05) is 18.9 Å². The number of aliphatic hydroxyl groups excluding tert-OH is 1. The van der Waals surface area contributed by atoms with E-state index in [1.165, 1.54) is 0 Å². The molecule has 0 radical (unpaired) electrons. The highest BCUT2D eigenvalue weighted by atomic mass is 16.5. The third-order valence-electron chi connectivity index (χ3n) is 2.11. The predicted molar refractivity (Wildman–Crippen MR) is 81.3 cm³/mol. The molecular formula is C15H21N3O3. The zero-order valence-corrected chi connectivity index (χ0v) is 12.8. The van der Waals surface area contributed by atoms with Crippen LogP contribution in [0.3, 0.4) is 0 Å². The van der Waals surface area contributed by atoms with Crippen LogP contribution in [0, 0.1) is 0 Å². The molecule has 2 rings (SSSR count). The molecule has 0 fully saturated rings. The molecule has 2 aromatic rings. The zero-order valence-electron chi connectivity index (χ0n) is 12.8. The van der Waals surface area contributed by atoms with Crippen molar-refractivity contribution in [1.82, 2.24) is 15.0 Å². The fourth-order valence-corrected chi connectivity index (χ4v) is 1.33. The van der Waals surface area contributed by atoms with Crippen LogP contribution in [0.2, 0.25) is 0 Å². The summed E-state index contributed by atoms with van der Waals surface area (Å²) in [4.78, 5) is 22.8. The Morgan fingerprint density at radius 3 is 2.43 bits per heavy atom. The predicted octanol–water partition coefficient (Wildman–Crippen LogP) is 2.38. The lowest BCUT2D eigenvalue weighted by Gasteiger charge is -2.04. The Kier molecular flexibility index (Phi) is 10.2. The number of aldehydes is 1. The van der Waals surface area contributed by atoms with E-state index in [2.05, 4.69) is 15.0 Å². The molecule has 0 aromatic carbocycles. The first kappa shape index (κ1) is 18.7. The van der Waals surface area contributed by atoms with Gasteiger partial charge in [0.15, 0.2) is 6.29 Å². The van der Waals surface area contributed by atoms with Crippen molar-refractivity contribution >= 4 is 6.29 Å². The maximum atomic E-state index is 10.5. The first-order chi connectivity index (χ1) is 10.3. The molecule has 0 bridgehead atoms. The van der Waals surface area contributed by atoms with Crippen LogP contribution in [0.25, 0.3) is 11.3 Å². The van der Waals surface area contributed by atoms with Crippen LogP contribution in [0.4, 0.5) is 0 Å². The minimum absolute atomic E-state index is 0.391. The highest BCUT2D eigenvalue weighted by Crippen LogP contribution is 2.17. The zero-order chi connectivity index (χ0) is 16.1. The van der Waals surface area contributed by atoms with Crippen LogP contribution in [-0.2, 0) is 0 Å². The Morgan fingerprint density at radius 2 is 1.90 bits per heavy atom. The van der Waals surface area contributed by atoms with Crippen molar-refractivity contribution in [3.8, 4) is 17.1 Å². The van der Waals surface area contributed by atoms with Crippen molar-refractivity contribution in [2.75, 3.05) is 13.7 Å². The van der Waals surface area contributed by atoms with Crippen LogP contribution < -0.4 is 4.74 Å². The molecule has 0 unspecified atom stereocenters. The normalized spacial score (nSPS) is 8.62. The second-order valence-corrected chi connectivity index (χ2v) is 3.27. The van der Waals surface area contributed by atoms with Gasteiger partial charge in [-0.05, 0) is 19.1 Å². The number of carbonyl (C=O) groups is 1. The van der Waals surface area contributed by atoms with E-state index in [0.29, 0.717) is 30.2 Å². The van der Waals surface area contributed by atoms with Gasteiger partial charge in [-0.3, -0.25) is 14.8 Å². The SMILES string of the molecule is CC.CCOc1cncc(-c2ccc(C=O)nc2)n1.CO. The summed E-state index contributed by atoms with van der Waals surface area (Å²) in [5.74, 6) is 0.476. The number of nitrogens with zero attached hydrogens (tertiary/aromatic N) is 3. The van der Waals surface area contributed by atoms with E-state index in [1.54, 1.807) is 30.7 Å². The van der Waals surface area contributed by atoms with Crippen molar-refractivity contribution < 1.29 is 14.6 Å². The summed E-state index contributed by atoms with van der Waals surface area (Å²) in [6.07, 6.45) is 5.47. The molecule has 0 aliphatic heterocycles. The summed E-state index contributed by atoms with van der Waals surface area (Å²) in [6, 6.07) is 3.41. The molecule has 6 heteroatoms. The Hall–Kier alpha value is -2.34. The van der Waals surface area contributed by atoms with Gasteiger partial charge < -0.3 is 9.84 Å². The minimum atomic E-state index is 0.391. The standard InChI is InChI=1S/C12H11N3O2.C2H6.CH4O/c1-2-17-12-7-13-6-11(15-12)9-3-4-10(8-16)14-5-9;2*1-2/h3-8H,2H2,1H3;1-2H3;2H,1H3. The van der Waals surface area contributed by atoms with Gasteiger partial charge in [0.25, 0.3) is 0 Å². The second kappa shape index (κ2) is 11.5. The van der Waals surface area contributed by atoms with Gasteiger partial charge in [0.1, 0.15) is 5.69 Å². The molecule has 2 heterocycles. The highest BCUT2D eigenvalue weighted by molar-refractivity contribution is 5.72. The second-order valence-electron chi connectivity index (χ2n) is 3.27. The average Bonchev–Trinajstić information content (AvgIpc) is 2.59. The number of carbonyl (C=O) groups excluding carboxylic acids is 1. The summed E-state index contributed by atoms with van der Waals surface area (Å²) in [5, 5.41) is 7.00. The molecule has 0 aliphatic carbocycles. The molecule has 0 aliphatic rings. The van der Waals surface area contributed by atoms with Gasteiger partial charge in [-0.2, -0.15) is 0 Å². The van der Waals surface area contributed by atoms with E-state index in [0.717, 1.165) is 12.7 Å². The van der Waals surface area contributed by atoms with Crippen molar-refractivity contribution in [1.29, 1.82) is 0 Å². The lowest BCUT2D eigenvalue weighted by molar-refractivity contribution is 0.111. The van der Waals surface area contributed by atoms with Crippen molar-refractivity contribution in [2.45, 2.75) is 20.8 Å². The van der Waals surface area contributed by atoms with E-state index in [-0.39, 0.29) is 0 Å². The topological polar surface area (TPSA) is 85.2 Å². The molecule has 2 aromatic heterocycles. The summed E-state index contributed by atoms with van der Waals surface area (Å²) < 4.78 is 5.26. The van der Waals surface area contributed by atoms with Gasteiger partial charge >= 0.3 is 0 Å². The molecular weight excluding hydrogens is 270 g/mol. The van der Waals surface area contributed by atoms with Crippen LogP contribution in [0.15, 0.2) is 30.7 Å². The summed E-state index contributed by atoms with van der Waals surface area (Å²) >= 11 is 0. The molecule has 0 saturated heterocycles. The molecule has 0 amide bonds. The molecule has 114 valence electrons. The molecule has 0 saturated carbocycles. The number of hydrogen-bond donors (Lipinski definition) is 1. The summed E-state index contributed by atoms with van der Waals surface area (Å²) in [7, 11) is 1.00. The Labute approximate surface area is 124 Å². The third kappa shape index (κ3) is 6.09. The number of rotatable bonds is 4. The molecule has 6 nitrogen and oxygen atoms in total. The van der Waals surface area contributed by atoms with E-state index < -0.39 is 0 Å². The van der Waals surface area contributed by atoms with E-state index in [9.17, 15) is 4.79 Å². The quantitative estimate of drug-likeness (QED) is 0.870. The number of aromatic nitrogens is 3. The molecule has 1 N–H and O–H groups in total. The van der Waals surface area contributed by atoms with Crippen molar-refractivity contribution in [2.24, 2.45) is 0 Å². The number of aliphatic hydroxyl groups is 1. The summed E-state index contributed by atoms with van der Waals surface area (Å²) in [5.41, 5.74) is 1.85. The van der Waals surface area contributed by atoms with Gasteiger partial charge in [-0.1, -0.05) is 13.8 Å². The fraction of sp³-hybridized carbons (Fsp3) is 0.333. The van der Waals surface area contributed by atoms with Crippen LogP contribution in [-0.4, -0.2) is 40.1 Å². The number of pyridine rings is 1. The Bertz CT molecular complexity index is 516. The maximum absolute atomic E-state index is 10.5. The van der Waals surface area contributed by atoms with Crippen molar-refractivity contribution in [3.63, 3.8) is 0 Å². The lowest BCUT2D eigenvalue weighted by Crippen LogP contribution is -1.97. The Balaban J connectivity index is 0.000000921. The third-order valence-corrected chi connectivity index (χ3v) is 2.11. The molecule has 0 spiro atoms. The largest absolute Gasteiger partial charge is 0.477 e. The van der Waals surface area contributed by atoms with Crippen LogP contribution >= 0.6 is 0 Å². The van der Waals surface area contributed by atoms with E-state index in [1.807, 2.05) is 20.8 Å². The molecule has 21 heavy (non-hydrogen) atoms. The number of hydrogen-bond acceptors (Lipinski definition) is 6. The first-order valence-electron chi connectivity index (χ1n) is 6.64. The monoisotopic (exact) mass is 291 g/mol. The van der Waals surface area contributed by atoms with Gasteiger partial charge in [0.05, 0.1) is 24.7 Å². The summed E-state index contributed by atoms with van der Waals surface area (Å²) in [6.45, 7) is 6.43. The fourth-order valence-electron chi connectivity index (χ4n) is 1.33. The van der Waals surface area contributed by atoms with Gasteiger partial charge in [-0.15, -0.1) is 0 Å². The Morgan fingerprint density at radius 1 is 1.19 bits per heavy atom. The van der Waals surface area contributed by atoms with Crippen molar-refractivity contribution in [3.05, 3.63) is 36.4 Å². The maximum Gasteiger partial charge on any atom is 0.232 e. The van der Waals surface area contributed by atoms with Gasteiger partial charge in [0.2, 0.25) is 5.88 Å². The van der Waals surface area contributed by atoms with Crippen LogP contribution in [0.1, 0.15) is 31.3 Å². The van der Waals surface area contributed by atoms with Crippen LogP contribution in [0.5, 0.6) is 5.88 Å². The average molecular weight is 291 g/mol. The van der Waals surface area contributed by atoms with E-state index >= 15 is 0 Å². The smallest absolute Gasteiger partial charge is 0.232 e. The molecule has 0 atom stereocenters. The lowest BCUT2D eigenvalue weighted by atomic mass is 10.2. The minimum Gasteiger partial charge on any atom is -0.477 e. The van der Waals surface area contributed by atoms with Gasteiger partial charge in [-0.25, -0.2) is 4.98 Å². The van der Waals surface area contributed by atoms with E-state index in [4.69, 9.17) is 9.84 Å².